The fourth-order valence-corrected chi connectivity index (χ4v) is 2.28. The number of carbonyl (C=O) groups is 2. The van der Waals surface area contributed by atoms with E-state index >= 15 is 0 Å². The van der Waals surface area contributed by atoms with E-state index in [2.05, 4.69) is 0 Å². The van der Waals surface area contributed by atoms with E-state index in [-0.39, 0.29) is 17.8 Å². The van der Waals surface area contributed by atoms with Crippen LogP contribution >= 0.6 is 11.6 Å². The zero-order valence-corrected chi connectivity index (χ0v) is 11.0. The molecule has 0 bridgehead atoms. The Bertz CT molecular complexity index is 270. The number of hydrogen-bond donors (Lipinski definition) is 0. The fraction of sp³-hybridized carbons (Fsp3) is 0.833. The van der Waals surface area contributed by atoms with Crippen molar-refractivity contribution in [2.24, 2.45) is 5.92 Å². The molecule has 5 heteroatoms. The van der Waals surface area contributed by atoms with Gasteiger partial charge < -0.3 is 9.64 Å². The first-order chi connectivity index (χ1) is 8.19. The monoisotopic (exact) mass is 261 g/mol. The minimum Gasteiger partial charge on any atom is -0.469 e. The molecule has 1 rings (SSSR count). The number of likely N-dealkylation sites (tertiary alicyclic amines) is 1. The third-order valence-corrected chi connectivity index (χ3v) is 3.35. The number of ether oxygens (including phenoxy) is 1. The van der Waals surface area contributed by atoms with Gasteiger partial charge in [0.2, 0.25) is 5.91 Å². The molecule has 4 nitrogen and oxygen atoms in total. The van der Waals surface area contributed by atoms with E-state index in [0.717, 1.165) is 32.2 Å². The van der Waals surface area contributed by atoms with Crippen LogP contribution in [0.25, 0.3) is 0 Å². The standard InChI is InChI=1S/C12H20ClNO3/c1-17-12(16)10-5-4-8-14(9-10)11(15)6-2-3-7-13/h10H,2-9H2,1H3. The highest BCUT2D eigenvalue weighted by Crippen LogP contribution is 2.18. The molecule has 1 aliphatic rings. The van der Waals surface area contributed by atoms with Crippen LogP contribution in [0.3, 0.4) is 0 Å². The van der Waals surface area contributed by atoms with Crippen LogP contribution in [0.5, 0.6) is 0 Å². The molecule has 1 unspecified atom stereocenters. The van der Waals surface area contributed by atoms with Gasteiger partial charge in [-0.1, -0.05) is 0 Å². The van der Waals surface area contributed by atoms with Crippen molar-refractivity contribution >= 4 is 23.5 Å². The van der Waals surface area contributed by atoms with E-state index in [1.54, 1.807) is 4.90 Å². The summed E-state index contributed by atoms with van der Waals surface area (Å²) in [6.45, 7) is 1.26. The Balaban J connectivity index is 2.37. The summed E-state index contributed by atoms with van der Waals surface area (Å²) in [4.78, 5) is 25.1. The Hall–Kier alpha value is -0.770. The van der Waals surface area contributed by atoms with E-state index in [0.29, 0.717) is 18.8 Å². The highest BCUT2D eigenvalue weighted by Gasteiger charge is 2.28. The Morgan fingerprint density at radius 1 is 1.41 bits per heavy atom. The third kappa shape index (κ3) is 4.54. The van der Waals surface area contributed by atoms with Crippen molar-refractivity contribution in [3.63, 3.8) is 0 Å². The summed E-state index contributed by atoms with van der Waals surface area (Å²) in [6, 6.07) is 0. The molecule has 0 aromatic carbocycles. The molecular weight excluding hydrogens is 242 g/mol. The van der Waals surface area contributed by atoms with Gasteiger partial charge in [0.15, 0.2) is 0 Å². The Kier molecular flexibility index (Phi) is 6.34. The van der Waals surface area contributed by atoms with Crippen molar-refractivity contribution in [2.75, 3.05) is 26.1 Å². The molecule has 0 aliphatic carbocycles. The number of methoxy groups -OCH3 is 1. The average Bonchev–Trinajstić information content (AvgIpc) is 2.38. The van der Waals surface area contributed by atoms with E-state index < -0.39 is 0 Å². The van der Waals surface area contributed by atoms with Gasteiger partial charge in [-0.25, -0.2) is 0 Å². The molecule has 0 aromatic heterocycles. The summed E-state index contributed by atoms with van der Waals surface area (Å²) < 4.78 is 4.72. The summed E-state index contributed by atoms with van der Waals surface area (Å²) >= 11 is 5.57. The highest BCUT2D eigenvalue weighted by molar-refractivity contribution is 6.17. The van der Waals surface area contributed by atoms with Crippen LogP contribution in [0.2, 0.25) is 0 Å². The van der Waals surface area contributed by atoms with Crippen LogP contribution in [-0.4, -0.2) is 42.9 Å². The molecule has 0 radical (unpaired) electrons. The Morgan fingerprint density at radius 3 is 2.82 bits per heavy atom. The number of alkyl halides is 1. The number of rotatable bonds is 5. The van der Waals surface area contributed by atoms with Crippen molar-refractivity contribution in [3.8, 4) is 0 Å². The van der Waals surface area contributed by atoms with Gasteiger partial charge in [-0.2, -0.15) is 0 Å². The number of unbranched alkanes of at least 4 members (excludes halogenated alkanes) is 1. The number of halogens is 1. The maximum Gasteiger partial charge on any atom is 0.310 e. The molecule has 0 spiro atoms. The second-order valence-electron chi connectivity index (χ2n) is 4.35. The first-order valence-corrected chi connectivity index (χ1v) is 6.64. The Morgan fingerprint density at radius 2 is 2.18 bits per heavy atom. The first-order valence-electron chi connectivity index (χ1n) is 6.10. The molecule has 17 heavy (non-hydrogen) atoms. The lowest BCUT2D eigenvalue weighted by atomic mass is 9.98. The predicted octanol–water partition coefficient (Wildman–Crippen LogP) is 1.81. The van der Waals surface area contributed by atoms with E-state index in [9.17, 15) is 9.59 Å². The van der Waals surface area contributed by atoms with Crippen molar-refractivity contribution in [1.82, 2.24) is 4.90 Å². The molecule has 1 fully saturated rings. The topological polar surface area (TPSA) is 46.6 Å². The van der Waals surface area contributed by atoms with Gasteiger partial charge in [0, 0.05) is 25.4 Å². The van der Waals surface area contributed by atoms with E-state index in [1.807, 2.05) is 0 Å². The van der Waals surface area contributed by atoms with Crippen LogP contribution in [0.4, 0.5) is 0 Å². The van der Waals surface area contributed by atoms with Gasteiger partial charge in [-0.05, 0) is 25.7 Å². The largest absolute Gasteiger partial charge is 0.469 e. The molecule has 0 aromatic rings. The van der Waals surface area contributed by atoms with Gasteiger partial charge in [-0.3, -0.25) is 9.59 Å². The molecule has 98 valence electrons. The number of esters is 1. The van der Waals surface area contributed by atoms with Crippen LogP contribution in [-0.2, 0) is 14.3 Å². The smallest absolute Gasteiger partial charge is 0.310 e. The average molecular weight is 262 g/mol. The summed E-state index contributed by atoms with van der Waals surface area (Å²) in [5.74, 6) is 0.371. The molecule has 1 atom stereocenters. The lowest BCUT2D eigenvalue weighted by Gasteiger charge is -2.31. The molecular formula is C12H20ClNO3. The van der Waals surface area contributed by atoms with E-state index in [4.69, 9.17) is 16.3 Å². The Labute approximate surface area is 107 Å². The summed E-state index contributed by atoms with van der Waals surface area (Å²) in [6.07, 6.45) is 3.91. The van der Waals surface area contributed by atoms with Crippen molar-refractivity contribution in [3.05, 3.63) is 0 Å². The quantitative estimate of drug-likeness (QED) is 0.431. The van der Waals surface area contributed by atoms with Crippen LogP contribution in [0, 0.1) is 5.92 Å². The van der Waals surface area contributed by atoms with Crippen molar-refractivity contribution in [1.29, 1.82) is 0 Å². The SMILES string of the molecule is COC(=O)C1CCCN(C(=O)CCCCCl)C1. The molecule has 0 N–H and O–H groups in total. The molecule has 1 saturated heterocycles. The molecule has 0 saturated carbocycles. The number of piperidine rings is 1. The van der Waals surface area contributed by atoms with Gasteiger partial charge >= 0.3 is 5.97 Å². The van der Waals surface area contributed by atoms with Crippen LogP contribution in [0.1, 0.15) is 32.1 Å². The van der Waals surface area contributed by atoms with Gasteiger partial charge in [0.1, 0.15) is 0 Å². The lowest BCUT2D eigenvalue weighted by molar-refractivity contribution is -0.149. The minimum atomic E-state index is -0.205. The van der Waals surface area contributed by atoms with Crippen molar-refractivity contribution in [2.45, 2.75) is 32.1 Å². The number of amides is 1. The number of hydrogen-bond acceptors (Lipinski definition) is 3. The maximum absolute atomic E-state index is 11.9. The maximum atomic E-state index is 11.9. The van der Waals surface area contributed by atoms with Crippen LogP contribution in [0.15, 0.2) is 0 Å². The number of nitrogens with zero attached hydrogens (tertiary/aromatic N) is 1. The zero-order chi connectivity index (χ0) is 12.7. The van der Waals surface area contributed by atoms with Crippen LogP contribution < -0.4 is 0 Å². The normalized spacial score (nSPS) is 20.1. The third-order valence-electron chi connectivity index (χ3n) is 3.08. The first kappa shape index (κ1) is 14.3. The summed E-state index contributed by atoms with van der Waals surface area (Å²) in [5, 5.41) is 0. The summed E-state index contributed by atoms with van der Waals surface area (Å²) in [7, 11) is 1.39. The molecule has 1 amide bonds. The minimum absolute atomic E-state index is 0.128. The van der Waals surface area contributed by atoms with Gasteiger partial charge in [-0.15, -0.1) is 11.6 Å². The molecule has 1 heterocycles. The zero-order valence-electron chi connectivity index (χ0n) is 10.3. The summed E-state index contributed by atoms with van der Waals surface area (Å²) in [5.41, 5.74) is 0. The molecule has 1 aliphatic heterocycles. The second-order valence-corrected chi connectivity index (χ2v) is 4.73. The van der Waals surface area contributed by atoms with Gasteiger partial charge in [0.05, 0.1) is 13.0 Å². The van der Waals surface area contributed by atoms with Crippen molar-refractivity contribution < 1.29 is 14.3 Å². The van der Waals surface area contributed by atoms with Gasteiger partial charge in [0.25, 0.3) is 0 Å². The second kappa shape index (κ2) is 7.54. The lowest BCUT2D eigenvalue weighted by Crippen LogP contribution is -2.42. The fourth-order valence-electron chi connectivity index (χ4n) is 2.09. The predicted molar refractivity (Wildman–Crippen MR) is 65.9 cm³/mol. The number of carbonyl (C=O) groups excluding carboxylic acids is 2. The van der Waals surface area contributed by atoms with E-state index in [1.165, 1.54) is 7.11 Å². The highest BCUT2D eigenvalue weighted by atomic mass is 35.5.